The number of carbonyl (C=O) groups is 1. The highest BCUT2D eigenvalue weighted by Gasteiger charge is 2.19. The van der Waals surface area contributed by atoms with Gasteiger partial charge < -0.3 is 9.84 Å². The van der Waals surface area contributed by atoms with Crippen LogP contribution in [0.15, 0.2) is 6.07 Å². The predicted octanol–water partition coefficient (Wildman–Crippen LogP) is 2.26. The molecule has 0 unspecified atom stereocenters. The Kier molecular flexibility index (Phi) is 4.39. The standard InChI is InChI=1S/C9H8F2INO3/c1-16-6-2-4(9(10)11)8(12)5(13-6)3-7(14)15/h2,9H,3H2,1H3,(H,14,15). The quantitative estimate of drug-likeness (QED) is 0.852. The lowest BCUT2D eigenvalue weighted by Gasteiger charge is -2.09. The Morgan fingerprint density at radius 2 is 2.31 bits per heavy atom. The summed E-state index contributed by atoms with van der Waals surface area (Å²) >= 11 is 1.66. The molecule has 1 aromatic rings. The number of pyridine rings is 1. The molecule has 16 heavy (non-hydrogen) atoms. The van der Waals surface area contributed by atoms with Crippen molar-refractivity contribution < 1.29 is 23.4 Å². The van der Waals surface area contributed by atoms with E-state index in [9.17, 15) is 13.6 Å². The summed E-state index contributed by atoms with van der Waals surface area (Å²) in [5.41, 5.74) is -0.175. The van der Waals surface area contributed by atoms with Crippen molar-refractivity contribution in [2.45, 2.75) is 12.8 Å². The van der Waals surface area contributed by atoms with Gasteiger partial charge in [-0.1, -0.05) is 0 Å². The first-order valence-corrected chi connectivity index (χ1v) is 5.26. The molecule has 0 saturated carbocycles. The van der Waals surface area contributed by atoms with Crippen molar-refractivity contribution in [1.82, 2.24) is 4.98 Å². The number of carboxylic acid groups (broad SMARTS) is 1. The number of halogens is 3. The first-order chi connectivity index (χ1) is 7.45. The number of aliphatic carboxylic acids is 1. The smallest absolute Gasteiger partial charge is 0.309 e. The molecule has 0 spiro atoms. The molecule has 1 heterocycles. The molecule has 1 aromatic heterocycles. The summed E-state index contributed by atoms with van der Waals surface area (Å²) < 4.78 is 30.2. The minimum atomic E-state index is -2.68. The van der Waals surface area contributed by atoms with E-state index in [1.54, 1.807) is 22.6 Å². The van der Waals surface area contributed by atoms with Gasteiger partial charge in [-0.25, -0.2) is 13.8 Å². The highest BCUT2D eigenvalue weighted by atomic mass is 127. The second kappa shape index (κ2) is 5.37. The van der Waals surface area contributed by atoms with Gasteiger partial charge in [0.15, 0.2) is 0 Å². The van der Waals surface area contributed by atoms with Crippen LogP contribution in [0.25, 0.3) is 0 Å². The van der Waals surface area contributed by atoms with Gasteiger partial charge in [-0.05, 0) is 22.6 Å². The number of ether oxygens (including phenoxy) is 1. The molecule has 0 aliphatic rings. The van der Waals surface area contributed by atoms with E-state index in [2.05, 4.69) is 4.98 Å². The molecule has 0 aliphatic carbocycles. The van der Waals surface area contributed by atoms with Crippen molar-refractivity contribution in [3.63, 3.8) is 0 Å². The number of methoxy groups -OCH3 is 1. The topological polar surface area (TPSA) is 59.4 Å². The van der Waals surface area contributed by atoms with E-state index < -0.39 is 18.8 Å². The number of carboxylic acids is 1. The van der Waals surface area contributed by atoms with Gasteiger partial charge in [-0.3, -0.25) is 4.79 Å². The largest absolute Gasteiger partial charge is 0.481 e. The van der Waals surface area contributed by atoms with Crippen molar-refractivity contribution in [1.29, 1.82) is 0 Å². The lowest BCUT2D eigenvalue weighted by Crippen LogP contribution is -2.08. The zero-order valence-corrected chi connectivity index (χ0v) is 10.4. The minimum Gasteiger partial charge on any atom is -0.481 e. The van der Waals surface area contributed by atoms with Crippen molar-refractivity contribution in [3.8, 4) is 5.88 Å². The summed E-state index contributed by atoms with van der Waals surface area (Å²) in [5, 5.41) is 8.61. The first-order valence-electron chi connectivity index (χ1n) is 4.19. The molecule has 1 rings (SSSR count). The first kappa shape index (κ1) is 13.1. The highest BCUT2D eigenvalue weighted by molar-refractivity contribution is 14.1. The van der Waals surface area contributed by atoms with E-state index in [-0.39, 0.29) is 20.7 Å². The van der Waals surface area contributed by atoms with Gasteiger partial charge in [-0.15, -0.1) is 0 Å². The maximum Gasteiger partial charge on any atom is 0.309 e. The van der Waals surface area contributed by atoms with Gasteiger partial charge >= 0.3 is 5.97 Å². The molecule has 0 aromatic carbocycles. The summed E-state index contributed by atoms with van der Waals surface area (Å²) in [4.78, 5) is 14.4. The molecule has 4 nitrogen and oxygen atoms in total. The maximum absolute atomic E-state index is 12.6. The molecular formula is C9H8F2INO3. The summed E-state index contributed by atoms with van der Waals surface area (Å²) in [5.74, 6) is -1.13. The van der Waals surface area contributed by atoms with Crippen molar-refractivity contribution >= 4 is 28.6 Å². The average molecular weight is 343 g/mol. The second-order valence-electron chi connectivity index (χ2n) is 2.89. The Morgan fingerprint density at radius 3 is 2.75 bits per heavy atom. The third kappa shape index (κ3) is 3.00. The number of aromatic nitrogens is 1. The zero-order valence-electron chi connectivity index (χ0n) is 8.21. The second-order valence-corrected chi connectivity index (χ2v) is 3.96. The van der Waals surface area contributed by atoms with Crippen molar-refractivity contribution in [3.05, 3.63) is 20.9 Å². The Hall–Kier alpha value is -0.990. The fourth-order valence-corrected chi connectivity index (χ4v) is 1.80. The normalized spacial score (nSPS) is 10.6. The van der Waals surface area contributed by atoms with Crippen LogP contribution in [-0.4, -0.2) is 23.2 Å². The highest BCUT2D eigenvalue weighted by Crippen LogP contribution is 2.29. The molecule has 0 fully saturated rings. The van der Waals surface area contributed by atoms with Crippen LogP contribution < -0.4 is 4.74 Å². The van der Waals surface area contributed by atoms with Crippen LogP contribution in [0.4, 0.5) is 8.78 Å². The van der Waals surface area contributed by atoms with Crippen molar-refractivity contribution in [2.75, 3.05) is 7.11 Å². The molecule has 0 amide bonds. The minimum absolute atomic E-state index is 0.00744. The van der Waals surface area contributed by atoms with Crippen LogP contribution in [-0.2, 0) is 11.2 Å². The summed E-state index contributed by atoms with van der Waals surface area (Å²) in [6.45, 7) is 0. The van der Waals surface area contributed by atoms with Gasteiger partial charge in [0.05, 0.1) is 19.2 Å². The van der Waals surface area contributed by atoms with Crippen LogP contribution in [0.2, 0.25) is 0 Å². The Bertz CT molecular complexity index is 412. The Morgan fingerprint density at radius 1 is 1.69 bits per heavy atom. The third-order valence-corrected chi connectivity index (χ3v) is 3.04. The van der Waals surface area contributed by atoms with Gasteiger partial charge in [-0.2, -0.15) is 0 Å². The van der Waals surface area contributed by atoms with Crippen molar-refractivity contribution in [2.24, 2.45) is 0 Å². The number of hydrogen-bond acceptors (Lipinski definition) is 3. The molecule has 0 radical (unpaired) electrons. The molecule has 0 atom stereocenters. The Labute approximate surface area is 104 Å². The summed E-state index contributed by atoms with van der Waals surface area (Å²) in [6, 6.07) is 1.11. The third-order valence-electron chi connectivity index (χ3n) is 1.79. The number of nitrogens with zero attached hydrogens (tertiary/aromatic N) is 1. The van der Waals surface area contributed by atoms with Gasteiger partial charge in [0.2, 0.25) is 5.88 Å². The number of alkyl halides is 2. The lowest BCUT2D eigenvalue weighted by atomic mass is 10.2. The molecule has 0 saturated heterocycles. The maximum atomic E-state index is 12.6. The number of rotatable bonds is 4. The fraction of sp³-hybridized carbons (Fsp3) is 0.333. The predicted molar refractivity (Wildman–Crippen MR) is 59.8 cm³/mol. The van der Waals surface area contributed by atoms with Crippen LogP contribution in [0.3, 0.4) is 0 Å². The van der Waals surface area contributed by atoms with E-state index >= 15 is 0 Å². The van der Waals surface area contributed by atoms with Crippen LogP contribution >= 0.6 is 22.6 Å². The molecule has 0 aliphatic heterocycles. The van der Waals surface area contributed by atoms with Crippen LogP contribution in [0.1, 0.15) is 17.7 Å². The average Bonchev–Trinajstić information content (AvgIpc) is 2.19. The van der Waals surface area contributed by atoms with E-state index in [0.29, 0.717) is 0 Å². The summed E-state index contributed by atoms with van der Waals surface area (Å²) in [6.07, 6.45) is -3.09. The molecule has 1 N–H and O–H groups in total. The molecular weight excluding hydrogens is 335 g/mol. The number of hydrogen-bond donors (Lipinski definition) is 1. The van der Waals surface area contributed by atoms with E-state index in [1.165, 1.54) is 7.11 Å². The molecule has 7 heteroatoms. The summed E-state index contributed by atoms with van der Waals surface area (Å²) in [7, 11) is 1.29. The monoisotopic (exact) mass is 343 g/mol. The van der Waals surface area contributed by atoms with Gasteiger partial charge in [0.25, 0.3) is 6.43 Å². The van der Waals surface area contributed by atoms with E-state index in [0.717, 1.165) is 6.07 Å². The van der Waals surface area contributed by atoms with E-state index in [1.807, 2.05) is 0 Å². The van der Waals surface area contributed by atoms with E-state index in [4.69, 9.17) is 9.84 Å². The molecule has 88 valence electrons. The van der Waals surface area contributed by atoms with Gasteiger partial charge in [0.1, 0.15) is 0 Å². The molecule has 0 bridgehead atoms. The fourth-order valence-electron chi connectivity index (χ4n) is 1.10. The van der Waals surface area contributed by atoms with Crippen LogP contribution in [0.5, 0.6) is 5.88 Å². The Balaban J connectivity index is 3.25. The lowest BCUT2D eigenvalue weighted by molar-refractivity contribution is -0.136. The zero-order chi connectivity index (χ0) is 12.3. The van der Waals surface area contributed by atoms with Gasteiger partial charge in [0, 0.05) is 15.2 Å². The van der Waals surface area contributed by atoms with Crippen LogP contribution in [0, 0.1) is 3.57 Å². The SMILES string of the molecule is COc1cc(C(F)F)c(I)c(CC(=O)O)n1.